The Bertz CT molecular complexity index is 542. The second kappa shape index (κ2) is 5.63. The van der Waals surface area contributed by atoms with Gasteiger partial charge in [-0.25, -0.2) is 9.37 Å². The van der Waals surface area contributed by atoms with Crippen LogP contribution in [0.5, 0.6) is 0 Å². The molecule has 1 atom stereocenters. The van der Waals surface area contributed by atoms with E-state index in [1.54, 1.807) is 24.7 Å². The van der Waals surface area contributed by atoms with Crippen molar-refractivity contribution in [3.05, 3.63) is 52.3 Å². The van der Waals surface area contributed by atoms with Crippen molar-refractivity contribution in [2.75, 3.05) is 0 Å². The Morgan fingerprint density at radius 3 is 2.94 bits per heavy atom. The van der Waals surface area contributed by atoms with Crippen LogP contribution in [0.25, 0.3) is 0 Å². The maximum atomic E-state index is 13.7. The highest BCUT2D eigenvalue weighted by Gasteiger charge is 2.15. The van der Waals surface area contributed by atoms with Crippen LogP contribution in [-0.2, 0) is 13.0 Å². The van der Waals surface area contributed by atoms with E-state index in [4.69, 9.17) is 0 Å². The summed E-state index contributed by atoms with van der Waals surface area (Å²) in [6.07, 6.45) is 2.77. The third kappa shape index (κ3) is 2.79. The van der Waals surface area contributed by atoms with E-state index in [9.17, 15) is 9.50 Å². The highest BCUT2D eigenvalue weighted by atomic mass is 79.9. The second-order valence-electron chi connectivity index (χ2n) is 4.06. The summed E-state index contributed by atoms with van der Waals surface area (Å²) in [4.78, 5) is 3.99. The van der Waals surface area contributed by atoms with E-state index in [-0.39, 0.29) is 12.2 Å². The van der Waals surface area contributed by atoms with Crippen LogP contribution in [0.4, 0.5) is 4.39 Å². The Labute approximate surface area is 113 Å². The molecule has 0 bridgehead atoms. The van der Waals surface area contributed by atoms with Crippen molar-refractivity contribution in [2.45, 2.75) is 26.0 Å². The molecule has 0 saturated carbocycles. The standard InChI is InChI=1S/C13H14BrFN2O/c1-2-17-8-16-7-12(17)13(18)5-9-3-4-10(14)6-11(9)15/h3-4,6-8,13,18H,2,5H2,1H3. The summed E-state index contributed by atoms with van der Waals surface area (Å²) < 4.78 is 16.2. The minimum atomic E-state index is -0.747. The molecule has 2 rings (SSSR count). The number of hydrogen-bond acceptors (Lipinski definition) is 2. The van der Waals surface area contributed by atoms with Gasteiger partial charge in [-0.15, -0.1) is 0 Å². The molecule has 18 heavy (non-hydrogen) atoms. The monoisotopic (exact) mass is 312 g/mol. The number of hydrogen-bond donors (Lipinski definition) is 1. The molecule has 0 aliphatic heterocycles. The van der Waals surface area contributed by atoms with Gasteiger partial charge < -0.3 is 9.67 Å². The topological polar surface area (TPSA) is 38.0 Å². The third-order valence-electron chi connectivity index (χ3n) is 2.85. The van der Waals surface area contributed by atoms with Crippen LogP contribution in [0.15, 0.2) is 35.2 Å². The van der Waals surface area contributed by atoms with Crippen LogP contribution < -0.4 is 0 Å². The molecule has 1 N–H and O–H groups in total. The molecule has 0 radical (unpaired) electrons. The number of halogens is 2. The molecule has 0 fully saturated rings. The summed E-state index contributed by atoms with van der Waals surface area (Å²) in [5.74, 6) is -0.314. The maximum absolute atomic E-state index is 13.7. The molecule has 2 aromatic rings. The van der Waals surface area contributed by atoms with Gasteiger partial charge in [-0.3, -0.25) is 0 Å². The molecule has 0 amide bonds. The second-order valence-corrected chi connectivity index (χ2v) is 4.98. The fourth-order valence-corrected chi connectivity index (χ4v) is 2.21. The summed E-state index contributed by atoms with van der Waals surface area (Å²) in [6, 6.07) is 4.84. The normalized spacial score (nSPS) is 12.7. The van der Waals surface area contributed by atoms with Gasteiger partial charge in [0.25, 0.3) is 0 Å². The van der Waals surface area contributed by atoms with Gasteiger partial charge >= 0.3 is 0 Å². The largest absolute Gasteiger partial charge is 0.386 e. The van der Waals surface area contributed by atoms with Crippen molar-refractivity contribution in [2.24, 2.45) is 0 Å². The minimum absolute atomic E-state index is 0.241. The third-order valence-corrected chi connectivity index (χ3v) is 3.35. The Kier molecular flexibility index (Phi) is 4.14. The maximum Gasteiger partial charge on any atom is 0.127 e. The average Bonchev–Trinajstić information content (AvgIpc) is 2.81. The van der Waals surface area contributed by atoms with Crippen molar-refractivity contribution in [3.8, 4) is 0 Å². The molecule has 3 nitrogen and oxygen atoms in total. The Hall–Kier alpha value is -1.20. The predicted molar refractivity (Wildman–Crippen MR) is 70.7 cm³/mol. The first-order chi connectivity index (χ1) is 8.61. The zero-order valence-electron chi connectivity index (χ0n) is 9.98. The van der Waals surface area contributed by atoms with E-state index >= 15 is 0 Å². The molecule has 0 aliphatic rings. The highest BCUT2D eigenvalue weighted by molar-refractivity contribution is 9.10. The van der Waals surface area contributed by atoms with Crippen LogP contribution in [0.2, 0.25) is 0 Å². The number of aliphatic hydroxyl groups excluding tert-OH is 1. The zero-order chi connectivity index (χ0) is 13.1. The number of aliphatic hydroxyl groups is 1. The summed E-state index contributed by atoms with van der Waals surface area (Å²) in [5, 5.41) is 10.1. The average molecular weight is 313 g/mol. The van der Waals surface area contributed by atoms with Crippen LogP contribution in [0, 0.1) is 5.82 Å². The zero-order valence-corrected chi connectivity index (χ0v) is 11.6. The lowest BCUT2D eigenvalue weighted by Gasteiger charge is -2.13. The number of imidazole rings is 1. The molecule has 1 heterocycles. The van der Waals surface area contributed by atoms with E-state index in [1.807, 2.05) is 11.5 Å². The summed E-state index contributed by atoms with van der Waals surface area (Å²) in [6.45, 7) is 2.70. The smallest absolute Gasteiger partial charge is 0.127 e. The molecule has 0 saturated heterocycles. The number of nitrogens with zero attached hydrogens (tertiary/aromatic N) is 2. The van der Waals surface area contributed by atoms with Gasteiger partial charge in [0.1, 0.15) is 5.82 Å². The SMILES string of the molecule is CCn1cncc1C(O)Cc1ccc(Br)cc1F. The fourth-order valence-electron chi connectivity index (χ4n) is 1.87. The van der Waals surface area contributed by atoms with Crippen molar-refractivity contribution < 1.29 is 9.50 Å². The first-order valence-electron chi connectivity index (χ1n) is 5.73. The Morgan fingerprint density at radius 1 is 1.50 bits per heavy atom. The lowest BCUT2D eigenvalue weighted by Crippen LogP contribution is -2.09. The van der Waals surface area contributed by atoms with Crippen molar-refractivity contribution in [3.63, 3.8) is 0 Å². The predicted octanol–water partition coefficient (Wildman–Crippen LogP) is 3.08. The van der Waals surface area contributed by atoms with Gasteiger partial charge in [0.2, 0.25) is 0 Å². The van der Waals surface area contributed by atoms with E-state index in [0.29, 0.717) is 15.7 Å². The van der Waals surface area contributed by atoms with Gasteiger partial charge in [-0.05, 0) is 24.6 Å². The van der Waals surface area contributed by atoms with Gasteiger partial charge in [-0.2, -0.15) is 0 Å². The van der Waals surface area contributed by atoms with E-state index in [0.717, 1.165) is 6.54 Å². The van der Waals surface area contributed by atoms with Crippen molar-refractivity contribution in [1.29, 1.82) is 0 Å². The molecular weight excluding hydrogens is 299 g/mol. The Morgan fingerprint density at radius 2 is 2.28 bits per heavy atom. The molecule has 0 spiro atoms. The Balaban J connectivity index is 2.18. The fraction of sp³-hybridized carbons (Fsp3) is 0.308. The van der Waals surface area contributed by atoms with Gasteiger partial charge in [0.05, 0.1) is 24.3 Å². The lowest BCUT2D eigenvalue weighted by molar-refractivity contribution is 0.167. The number of aryl methyl sites for hydroxylation is 1. The lowest BCUT2D eigenvalue weighted by atomic mass is 10.1. The number of rotatable bonds is 4. The highest BCUT2D eigenvalue weighted by Crippen LogP contribution is 2.22. The van der Waals surface area contributed by atoms with E-state index < -0.39 is 6.10 Å². The quantitative estimate of drug-likeness (QED) is 0.942. The van der Waals surface area contributed by atoms with Gasteiger partial charge in [0, 0.05) is 17.4 Å². The molecule has 0 aliphatic carbocycles. The van der Waals surface area contributed by atoms with Crippen LogP contribution in [-0.4, -0.2) is 14.7 Å². The molecule has 96 valence electrons. The summed E-state index contributed by atoms with van der Waals surface area (Å²) in [7, 11) is 0. The molecule has 1 unspecified atom stereocenters. The number of aromatic nitrogens is 2. The minimum Gasteiger partial charge on any atom is -0.386 e. The molecule has 1 aromatic heterocycles. The number of benzene rings is 1. The summed E-state index contributed by atoms with van der Waals surface area (Å²) >= 11 is 3.21. The summed E-state index contributed by atoms with van der Waals surface area (Å²) in [5.41, 5.74) is 1.20. The first-order valence-corrected chi connectivity index (χ1v) is 6.53. The van der Waals surface area contributed by atoms with Crippen LogP contribution in [0.3, 0.4) is 0 Å². The van der Waals surface area contributed by atoms with Crippen LogP contribution >= 0.6 is 15.9 Å². The molecule has 5 heteroatoms. The van der Waals surface area contributed by atoms with E-state index in [2.05, 4.69) is 20.9 Å². The van der Waals surface area contributed by atoms with Gasteiger partial charge in [0.15, 0.2) is 0 Å². The van der Waals surface area contributed by atoms with E-state index in [1.165, 1.54) is 6.07 Å². The van der Waals surface area contributed by atoms with Crippen LogP contribution in [0.1, 0.15) is 24.3 Å². The molecular formula is C13H14BrFN2O. The molecule has 1 aromatic carbocycles. The van der Waals surface area contributed by atoms with Crippen molar-refractivity contribution >= 4 is 15.9 Å². The van der Waals surface area contributed by atoms with Crippen molar-refractivity contribution in [1.82, 2.24) is 9.55 Å². The first kappa shape index (κ1) is 13.2. The van der Waals surface area contributed by atoms with Gasteiger partial charge in [-0.1, -0.05) is 22.0 Å².